The topological polar surface area (TPSA) is 151 Å². The van der Waals surface area contributed by atoms with E-state index in [1.54, 1.807) is 48.8 Å². The molecule has 3 heterocycles. The van der Waals surface area contributed by atoms with Gasteiger partial charge in [-0.1, -0.05) is 18.2 Å². The number of phosphoric acid groups is 1. The number of phosphoric ester groups is 1. The highest BCUT2D eigenvalue weighted by Gasteiger charge is 2.50. The first-order valence-corrected chi connectivity index (χ1v) is 11.2. The van der Waals surface area contributed by atoms with Gasteiger partial charge in [-0.3, -0.25) is 9.78 Å². The lowest BCUT2D eigenvalue weighted by Crippen LogP contribution is -2.24. The van der Waals surface area contributed by atoms with E-state index in [4.69, 9.17) is 24.0 Å². The number of ether oxygens (including phenoxy) is 1. The SMILES string of the molecule is Nc1ccccc1NC(=O)c1cc2c(CNC(=O)OCc3cccnc3)c3c1OP(=O)(O2)O3. The fourth-order valence-electron chi connectivity index (χ4n) is 3.30. The summed E-state index contributed by atoms with van der Waals surface area (Å²) in [6.45, 7) is -0.0297. The standard InChI is InChI=1S/C21H17N4O7P/c22-15-5-1-2-6-16(15)25-20(26)13-8-17-14(19-18(13)31-33(28,30-17)32-19)10-24-21(27)29-11-12-4-3-7-23-9-12/h1-9H,10-11,22H2,(H,24,27)(H,25,26). The number of para-hydroxylation sites is 2. The summed E-state index contributed by atoms with van der Waals surface area (Å²) >= 11 is 0. The smallest absolute Gasteiger partial charge is 0.445 e. The third kappa shape index (κ3) is 4.01. The molecule has 4 N–H and O–H groups in total. The number of carbonyl (C=O) groups is 2. The molecule has 1 aromatic heterocycles. The number of hydrogen-bond donors (Lipinski definition) is 3. The van der Waals surface area contributed by atoms with E-state index in [1.165, 1.54) is 6.07 Å². The van der Waals surface area contributed by atoms with Crippen molar-refractivity contribution in [3.63, 3.8) is 0 Å². The van der Waals surface area contributed by atoms with Gasteiger partial charge in [-0.15, -0.1) is 0 Å². The molecule has 1 atom stereocenters. The number of nitrogens with zero attached hydrogens (tertiary/aromatic N) is 1. The number of nitrogens with one attached hydrogen (secondary N) is 2. The number of fused-ring (bicyclic) bond motifs is 2. The number of benzene rings is 2. The predicted octanol–water partition coefficient (Wildman–Crippen LogP) is 3.61. The predicted molar refractivity (Wildman–Crippen MR) is 116 cm³/mol. The quantitative estimate of drug-likeness (QED) is 0.364. The molecule has 2 aromatic carbocycles. The highest BCUT2D eigenvalue weighted by atomic mass is 31.2. The Morgan fingerprint density at radius 1 is 1.09 bits per heavy atom. The van der Waals surface area contributed by atoms with Crippen LogP contribution in [0.15, 0.2) is 54.9 Å². The molecule has 1 unspecified atom stereocenters. The number of hydrogen-bond acceptors (Lipinski definition) is 9. The maximum atomic E-state index is 12.9. The first-order chi connectivity index (χ1) is 15.9. The van der Waals surface area contributed by atoms with Gasteiger partial charge in [0, 0.05) is 18.0 Å². The fraction of sp³-hybridized carbons (Fsp3) is 0.0952. The highest BCUT2D eigenvalue weighted by Crippen LogP contribution is 2.66. The Balaban J connectivity index is 1.33. The van der Waals surface area contributed by atoms with Gasteiger partial charge in [0.05, 0.1) is 29.0 Å². The Kier molecular flexibility index (Phi) is 5.02. The largest absolute Gasteiger partial charge is 0.647 e. The second kappa shape index (κ2) is 8.03. The van der Waals surface area contributed by atoms with Gasteiger partial charge in [-0.2, -0.15) is 4.57 Å². The minimum absolute atomic E-state index is 0.0351. The molecule has 168 valence electrons. The second-order valence-electron chi connectivity index (χ2n) is 7.11. The van der Waals surface area contributed by atoms with Crippen LogP contribution in [0.1, 0.15) is 21.5 Å². The number of aromatic nitrogens is 1. The van der Waals surface area contributed by atoms with E-state index >= 15 is 0 Å². The van der Waals surface area contributed by atoms with E-state index in [0.29, 0.717) is 16.9 Å². The lowest BCUT2D eigenvalue weighted by molar-refractivity contribution is 0.102. The minimum Gasteiger partial charge on any atom is -0.445 e. The van der Waals surface area contributed by atoms with Crippen molar-refractivity contribution in [2.45, 2.75) is 13.2 Å². The first kappa shape index (κ1) is 20.7. The normalized spacial score (nSPS) is 16.8. The average molecular weight is 468 g/mol. The molecular weight excluding hydrogens is 451 g/mol. The van der Waals surface area contributed by atoms with Gasteiger partial charge in [-0.25, -0.2) is 4.79 Å². The number of alkyl carbamates (subject to hydrolysis) is 1. The van der Waals surface area contributed by atoms with Crippen LogP contribution in [0.3, 0.4) is 0 Å². The molecule has 0 saturated carbocycles. The van der Waals surface area contributed by atoms with Crippen LogP contribution in [-0.2, 0) is 22.5 Å². The molecule has 0 fully saturated rings. The van der Waals surface area contributed by atoms with E-state index in [2.05, 4.69) is 15.6 Å². The molecule has 0 spiro atoms. The minimum atomic E-state index is -3.92. The van der Waals surface area contributed by atoms with E-state index in [0.717, 1.165) is 5.56 Å². The maximum absolute atomic E-state index is 12.9. The highest BCUT2D eigenvalue weighted by molar-refractivity contribution is 7.50. The third-order valence-electron chi connectivity index (χ3n) is 4.87. The van der Waals surface area contributed by atoms with Gasteiger partial charge in [0.15, 0.2) is 11.5 Å². The summed E-state index contributed by atoms with van der Waals surface area (Å²) in [4.78, 5) is 28.9. The number of carbonyl (C=O) groups excluding carboxylic acids is 2. The van der Waals surface area contributed by atoms with Crippen molar-refractivity contribution in [1.29, 1.82) is 0 Å². The molecule has 0 radical (unpaired) electrons. The summed E-state index contributed by atoms with van der Waals surface area (Å²) in [5.74, 6) is -0.421. The third-order valence-corrected chi connectivity index (χ3v) is 6.10. The van der Waals surface area contributed by atoms with Gasteiger partial charge in [0.25, 0.3) is 5.91 Å². The van der Waals surface area contributed by atoms with Crippen molar-refractivity contribution in [3.8, 4) is 17.2 Å². The van der Waals surface area contributed by atoms with Gasteiger partial charge in [0.2, 0.25) is 0 Å². The Hall–Kier alpha value is -4.24. The Bertz CT molecular complexity index is 1310. The zero-order valence-corrected chi connectivity index (χ0v) is 17.8. The number of amides is 2. The number of rotatable bonds is 6. The van der Waals surface area contributed by atoms with Crippen LogP contribution in [0.25, 0.3) is 0 Å². The summed E-state index contributed by atoms with van der Waals surface area (Å²) in [6.07, 6.45) is 2.51. The monoisotopic (exact) mass is 468 g/mol. The maximum Gasteiger partial charge on any atom is 0.647 e. The number of anilines is 2. The number of nitrogen functional groups attached to an aromatic ring is 1. The Morgan fingerprint density at radius 2 is 1.91 bits per heavy atom. The summed E-state index contributed by atoms with van der Waals surface area (Å²) in [7, 11) is -3.92. The first-order valence-electron chi connectivity index (χ1n) is 9.76. The van der Waals surface area contributed by atoms with Crippen LogP contribution in [0.5, 0.6) is 17.2 Å². The van der Waals surface area contributed by atoms with Crippen molar-refractivity contribution in [2.75, 3.05) is 11.1 Å². The molecule has 2 amide bonds. The molecule has 3 bridgehead atoms. The molecule has 2 aliphatic heterocycles. The van der Waals surface area contributed by atoms with Crippen LogP contribution in [0, 0.1) is 0 Å². The van der Waals surface area contributed by atoms with E-state index in [9.17, 15) is 14.2 Å². The molecule has 12 heteroatoms. The van der Waals surface area contributed by atoms with Crippen molar-refractivity contribution in [2.24, 2.45) is 0 Å². The molecule has 3 aromatic rings. The average Bonchev–Trinajstić information content (AvgIpc) is 3.01. The number of pyridine rings is 1. The van der Waals surface area contributed by atoms with Crippen LogP contribution in [0.4, 0.5) is 16.2 Å². The van der Waals surface area contributed by atoms with Crippen LogP contribution >= 0.6 is 7.82 Å². The molecule has 0 aliphatic carbocycles. The van der Waals surface area contributed by atoms with Crippen molar-refractivity contribution < 1.29 is 32.5 Å². The lowest BCUT2D eigenvalue weighted by atomic mass is 10.1. The zero-order chi connectivity index (χ0) is 23.0. The van der Waals surface area contributed by atoms with Crippen molar-refractivity contribution in [3.05, 3.63) is 71.5 Å². The van der Waals surface area contributed by atoms with Gasteiger partial charge in [0.1, 0.15) is 12.4 Å². The molecular formula is C21H17N4O7P. The van der Waals surface area contributed by atoms with Crippen LogP contribution < -0.4 is 29.9 Å². The molecule has 11 nitrogen and oxygen atoms in total. The van der Waals surface area contributed by atoms with Crippen LogP contribution in [0.2, 0.25) is 0 Å². The van der Waals surface area contributed by atoms with Gasteiger partial charge in [-0.05, 0) is 24.3 Å². The zero-order valence-electron chi connectivity index (χ0n) is 16.9. The summed E-state index contributed by atoms with van der Waals surface area (Å²) in [5.41, 5.74) is 7.81. The van der Waals surface area contributed by atoms with Gasteiger partial charge >= 0.3 is 13.9 Å². The summed E-state index contributed by atoms with van der Waals surface area (Å²) in [6, 6.07) is 11.6. The Morgan fingerprint density at radius 3 is 2.70 bits per heavy atom. The Labute approximate surface area is 187 Å². The van der Waals surface area contributed by atoms with E-state index < -0.39 is 19.8 Å². The molecule has 0 saturated heterocycles. The lowest BCUT2D eigenvalue weighted by Gasteiger charge is -2.19. The van der Waals surface area contributed by atoms with Crippen molar-refractivity contribution in [1.82, 2.24) is 10.3 Å². The van der Waals surface area contributed by atoms with E-state index in [1.807, 2.05) is 0 Å². The van der Waals surface area contributed by atoms with Gasteiger partial charge < -0.3 is 34.7 Å². The fourth-order valence-corrected chi connectivity index (χ4v) is 4.64. The van der Waals surface area contributed by atoms with Crippen molar-refractivity contribution >= 4 is 31.2 Å². The molecule has 33 heavy (non-hydrogen) atoms. The number of nitrogens with two attached hydrogens (primary N) is 1. The summed E-state index contributed by atoms with van der Waals surface area (Å²) < 4.78 is 33.8. The van der Waals surface area contributed by atoms with E-state index in [-0.39, 0.29) is 36.0 Å². The second-order valence-corrected chi connectivity index (χ2v) is 8.55. The van der Waals surface area contributed by atoms with Crippen LogP contribution in [-0.4, -0.2) is 17.0 Å². The molecule has 2 aliphatic rings. The molecule has 5 rings (SSSR count). The summed E-state index contributed by atoms with van der Waals surface area (Å²) in [5, 5.41) is 5.25.